The van der Waals surface area contributed by atoms with Crippen LogP contribution in [0.1, 0.15) is 33.6 Å². The molecular formula is C19H21Cl2N3O2. The van der Waals surface area contributed by atoms with Crippen LogP contribution in [0.2, 0.25) is 0 Å². The Labute approximate surface area is 164 Å². The average Bonchev–Trinajstić information content (AvgIpc) is 2.60. The average molecular weight is 394 g/mol. The summed E-state index contributed by atoms with van der Waals surface area (Å²) in [6.45, 7) is 2.96. The number of rotatable bonds is 1. The van der Waals surface area contributed by atoms with Crippen molar-refractivity contribution < 1.29 is 9.59 Å². The molecule has 0 saturated carbocycles. The zero-order valence-corrected chi connectivity index (χ0v) is 15.8. The summed E-state index contributed by atoms with van der Waals surface area (Å²) in [5.41, 5.74) is 7.74. The lowest BCUT2D eigenvalue weighted by Gasteiger charge is -2.49. The summed E-state index contributed by atoms with van der Waals surface area (Å²) in [6.07, 6.45) is 2.13. The molecule has 138 valence electrons. The number of nitrogens with two attached hydrogens (primary N) is 1. The van der Waals surface area contributed by atoms with Crippen molar-refractivity contribution in [3.05, 3.63) is 41.5 Å². The van der Waals surface area contributed by atoms with Gasteiger partial charge in [0.25, 0.3) is 11.8 Å². The zero-order chi connectivity index (χ0) is 16.4. The first-order valence-corrected chi connectivity index (χ1v) is 8.56. The van der Waals surface area contributed by atoms with E-state index in [1.165, 1.54) is 4.90 Å². The number of nitrogen functional groups attached to an aromatic ring is 1. The number of imide groups is 1. The molecular weight excluding hydrogens is 373 g/mol. The predicted octanol–water partition coefficient (Wildman–Crippen LogP) is 2.96. The van der Waals surface area contributed by atoms with E-state index in [9.17, 15) is 9.59 Å². The lowest BCUT2D eigenvalue weighted by atomic mass is 9.81. The molecule has 3 fully saturated rings. The first kappa shape index (κ1) is 19.0. The van der Waals surface area contributed by atoms with E-state index < -0.39 is 0 Å². The quantitative estimate of drug-likeness (QED) is 0.597. The fourth-order valence-electron chi connectivity index (χ4n) is 4.68. The second-order valence-corrected chi connectivity index (χ2v) is 7.16. The molecule has 4 aliphatic rings. The minimum absolute atomic E-state index is 0. The highest BCUT2D eigenvalue weighted by molar-refractivity contribution is 6.26. The Kier molecular flexibility index (Phi) is 4.90. The number of fused-ring (bicyclic) bond motifs is 3. The van der Waals surface area contributed by atoms with Crippen molar-refractivity contribution in [2.24, 2.45) is 5.92 Å². The summed E-state index contributed by atoms with van der Waals surface area (Å²) in [6, 6.07) is 9.12. The van der Waals surface area contributed by atoms with Crippen LogP contribution in [0.5, 0.6) is 0 Å². The molecule has 7 heteroatoms. The number of carbonyl (C=O) groups is 2. The van der Waals surface area contributed by atoms with Crippen LogP contribution < -0.4 is 5.73 Å². The van der Waals surface area contributed by atoms with Crippen LogP contribution >= 0.6 is 24.8 Å². The number of carbonyl (C=O) groups excluding carboxylic acids is 2. The van der Waals surface area contributed by atoms with Crippen molar-refractivity contribution in [1.29, 1.82) is 0 Å². The lowest BCUT2D eigenvalue weighted by molar-refractivity contribution is 0.00882. The van der Waals surface area contributed by atoms with E-state index >= 15 is 0 Å². The highest BCUT2D eigenvalue weighted by Gasteiger charge is 2.44. The predicted molar refractivity (Wildman–Crippen MR) is 106 cm³/mol. The molecule has 6 rings (SSSR count). The maximum Gasteiger partial charge on any atom is 0.261 e. The van der Waals surface area contributed by atoms with Crippen LogP contribution in [-0.2, 0) is 0 Å². The van der Waals surface area contributed by atoms with E-state index in [4.69, 9.17) is 5.73 Å². The normalized spacial score (nSPS) is 26.5. The van der Waals surface area contributed by atoms with E-state index in [2.05, 4.69) is 4.90 Å². The molecule has 4 heterocycles. The molecule has 3 saturated heterocycles. The van der Waals surface area contributed by atoms with Gasteiger partial charge < -0.3 is 10.6 Å². The summed E-state index contributed by atoms with van der Waals surface area (Å²) < 4.78 is 0. The number of piperidine rings is 3. The van der Waals surface area contributed by atoms with E-state index in [1.807, 2.05) is 24.3 Å². The van der Waals surface area contributed by atoms with E-state index in [0.717, 1.165) is 43.2 Å². The van der Waals surface area contributed by atoms with Gasteiger partial charge in [-0.2, -0.15) is 0 Å². The van der Waals surface area contributed by atoms with Crippen LogP contribution in [0.15, 0.2) is 30.3 Å². The van der Waals surface area contributed by atoms with Crippen molar-refractivity contribution in [2.75, 3.05) is 25.4 Å². The number of nitrogens with zero attached hydrogens (tertiary/aromatic N) is 2. The first-order valence-electron chi connectivity index (χ1n) is 8.56. The van der Waals surface area contributed by atoms with Crippen LogP contribution in [0.4, 0.5) is 5.69 Å². The van der Waals surface area contributed by atoms with Gasteiger partial charge in [0.1, 0.15) is 0 Å². The van der Waals surface area contributed by atoms with E-state index in [1.54, 1.807) is 6.07 Å². The molecule has 0 aromatic heterocycles. The van der Waals surface area contributed by atoms with Crippen molar-refractivity contribution in [3.8, 4) is 0 Å². The number of halogens is 2. The summed E-state index contributed by atoms with van der Waals surface area (Å²) in [5.74, 6) is 0.0843. The lowest BCUT2D eigenvalue weighted by Crippen LogP contribution is -2.60. The van der Waals surface area contributed by atoms with Gasteiger partial charge in [-0.3, -0.25) is 14.5 Å². The molecule has 26 heavy (non-hydrogen) atoms. The van der Waals surface area contributed by atoms with Crippen LogP contribution in [0.25, 0.3) is 10.8 Å². The van der Waals surface area contributed by atoms with E-state index in [0.29, 0.717) is 22.7 Å². The molecule has 2 amide bonds. The molecule has 0 spiro atoms. The van der Waals surface area contributed by atoms with Crippen molar-refractivity contribution in [2.45, 2.75) is 18.9 Å². The molecule has 1 unspecified atom stereocenters. The van der Waals surface area contributed by atoms with Gasteiger partial charge in [-0.1, -0.05) is 12.1 Å². The Morgan fingerprint density at radius 2 is 1.65 bits per heavy atom. The number of hydrogen-bond acceptors (Lipinski definition) is 4. The Morgan fingerprint density at radius 1 is 0.962 bits per heavy atom. The van der Waals surface area contributed by atoms with Crippen LogP contribution in [0, 0.1) is 5.92 Å². The van der Waals surface area contributed by atoms with Crippen molar-refractivity contribution in [3.63, 3.8) is 0 Å². The number of benzene rings is 2. The highest BCUT2D eigenvalue weighted by Crippen LogP contribution is 2.37. The highest BCUT2D eigenvalue weighted by atomic mass is 35.5. The summed E-state index contributed by atoms with van der Waals surface area (Å²) in [7, 11) is 0. The second-order valence-electron chi connectivity index (χ2n) is 7.16. The molecule has 2 N–H and O–H groups in total. The third kappa shape index (κ3) is 2.57. The molecule has 5 nitrogen and oxygen atoms in total. The maximum absolute atomic E-state index is 13.2. The van der Waals surface area contributed by atoms with Gasteiger partial charge in [-0.25, -0.2) is 0 Å². The molecule has 1 atom stereocenters. The molecule has 0 radical (unpaired) electrons. The third-order valence-electron chi connectivity index (χ3n) is 5.85. The zero-order valence-electron chi connectivity index (χ0n) is 14.2. The SMILES string of the molecule is Cl.Cl.Nc1cc2c3c(cccc3c1)C(=O)N(C1CN3CCC1CC3)C2=O. The number of hydrogen-bond donors (Lipinski definition) is 1. The fourth-order valence-corrected chi connectivity index (χ4v) is 4.68. The molecule has 2 bridgehead atoms. The van der Waals surface area contributed by atoms with Gasteiger partial charge in [0, 0.05) is 23.2 Å². The third-order valence-corrected chi connectivity index (χ3v) is 5.85. The van der Waals surface area contributed by atoms with Crippen molar-refractivity contribution >= 4 is 53.1 Å². The standard InChI is InChI=1S/C19H19N3O2.2ClH/c20-13-8-12-2-1-3-14-17(12)15(9-13)19(24)22(18(14)23)16-10-21-6-4-11(16)5-7-21;;/h1-3,8-9,11,16H,4-7,10,20H2;2*1H. The Balaban J connectivity index is 0.000000980. The van der Waals surface area contributed by atoms with E-state index in [-0.39, 0.29) is 42.7 Å². The van der Waals surface area contributed by atoms with Gasteiger partial charge in [-0.15, -0.1) is 24.8 Å². The summed E-state index contributed by atoms with van der Waals surface area (Å²) >= 11 is 0. The van der Waals surface area contributed by atoms with Gasteiger partial charge in [0.15, 0.2) is 0 Å². The fraction of sp³-hybridized carbons (Fsp3) is 0.368. The summed E-state index contributed by atoms with van der Waals surface area (Å²) in [5, 5.41) is 1.61. The Bertz CT molecular complexity index is 894. The Morgan fingerprint density at radius 3 is 2.31 bits per heavy atom. The second kappa shape index (κ2) is 6.72. The van der Waals surface area contributed by atoms with Crippen LogP contribution in [-0.4, -0.2) is 47.3 Å². The van der Waals surface area contributed by atoms with Gasteiger partial charge in [-0.05, 0) is 55.4 Å². The minimum Gasteiger partial charge on any atom is -0.399 e. The Hall–Kier alpha value is -1.82. The topological polar surface area (TPSA) is 66.6 Å². The molecule has 4 aliphatic heterocycles. The molecule has 2 aromatic rings. The van der Waals surface area contributed by atoms with Gasteiger partial charge in [0.2, 0.25) is 0 Å². The maximum atomic E-state index is 13.2. The monoisotopic (exact) mass is 393 g/mol. The van der Waals surface area contributed by atoms with Gasteiger partial charge >= 0.3 is 0 Å². The minimum atomic E-state index is -0.185. The summed E-state index contributed by atoms with van der Waals surface area (Å²) in [4.78, 5) is 30.2. The van der Waals surface area contributed by atoms with Gasteiger partial charge in [0.05, 0.1) is 11.6 Å². The van der Waals surface area contributed by atoms with Crippen molar-refractivity contribution in [1.82, 2.24) is 9.80 Å². The first-order chi connectivity index (χ1) is 11.6. The number of amides is 2. The smallest absolute Gasteiger partial charge is 0.261 e. The van der Waals surface area contributed by atoms with Crippen LogP contribution in [0.3, 0.4) is 0 Å². The largest absolute Gasteiger partial charge is 0.399 e. The molecule has 0 aliphatic carbocycles. The number of anilines is 1. The molecule has 2 aromatic carbocycles.